The van der Waals surface area contributed by atoms with E-state index >= 15 is 4.39 Å². The number of aromatic nitrogens is 3. The first-order chi connectivity index (χ1) is 19.9. The van der Waals surface area contributed by atoms with Gasteiger partial charge < -0.3 is 14.5 Å². The van der Waals surface area contributed by atoms with Gasteiger partial charge in [0.15, 0.2) is 5.82 Å². The molecule has 7 rings (SSSR count). The number of hydrogen-bond acceptors (Lipinski definition) is 7. The van der Waals surface area contributed by atoms with Crippen LogP contribution >= 0.6 is 0 Å². The summed E-state index contributed by atoms with van der Waals surface area (Å²) >= 11 is 0. The van der Waals surface area contributed by atoms with Crippen LogP contribution in [-0.2, 0) is 17.6 Å². The summed E-state index contributed by atoms with van der Waals surface area (Å²) in [4.78, 5) is 32.0. The first-order valence-electron chi connectivity index (χ1n) is 14.6. The molecule has 1 aliphatic carbocycles. The topological polar surface area (TPSA) is 74.7 Å². The van der Waals surface area contributed by atoms with Gasteiger partial charge in [-0.1, -0.05) is 12.6 Å². The molecule has 4 atom stereocenters. The van der Waals surface area contributed by atoms with Crippen LogP contribution in [0.25, 0.3) is 22.0 Å². The fourth-order valence-electron chi connectivity index (χ4n) is 7.14. The third-order valence-electron chi connectivity index (χ3n) is 9.39. The smallest absolute Gasteiger partial charge is 0.319 e. The van der Waals surface area contributed by atoms with Crippen LogP contribution in [0.15, 0.2) is 37.2 Å². The molecule has 4 aliphatic rings. The summed E-state index contributed by atoms with van der Waals surface area (Å²) in [6.45, 7) is 5.45. The standard InChI is InChI=1S/C31H34F2N6O2/c1-3-27(40)38-11-10-25-26(38)16-39(25)30-23-9-8-22(24-14-34-13-18-6-4-5-7-21(18)24)28(33)29(23)35-31(36-30)41-17-20-12-19(32)15-37(20)2/h3,8-9,13-14,19-20,25-26H,1,4-7,10-12,15-17H2,2H3/t19-,20+,25-,26-/m1/s1. The van der Waals surface area contributed by atoms with Gasteiger partial charge in [0.2, 0.25) is 5.91 Å². The summed E-state index contributed by atoms with van der Waals surface area (Å²) in [6.07, 6.45) is 9.31. The molecule has 8 nitrogen and oxygen atoms in total. The van der Waals surface area contributed by atoms with E-state index in [1.54, 1.807) is 6.20 Å². The van der Waals surface area contributed by atoms with E-state index in [0.29, 0.717) is 42.8 Å². The van der Waals surface area contributed by atoms with Gasteiger partial charge in [-0.05, 0) is 68.8 Å². The van der Waals surface area contributed by atoms with Crippen LogP contribution in [0.1, 0.15) is 36.8 Å². The molecule has 3 aliphatic heterocycles. The highest BCUT2D eigenvalue weighted by atomic mass is 19.1. The van der Waals surface area contributed by atoms with Crippen molar-refractivity contribution >= 4 is 22.6 Å². The quantitative estimate of drug-likeness (QED) is 0.420. The number of amides is 1. The monoisotopic (exact) mass is 560 g/mol. The zero-order valence-corrected chi connectivity index (χ0v) is 23.2. The Morgan fingerprint density at radius 2 is 2.00 bits per heavy atom. The van der Waals surface area contributed by atoms with E-state index in [4.69, 9.17) is 9.72 Å². The maximum Gasteiger partial charge on any atom is 0.319 e. The van der Waals surface area contributed by atoms with E-state index in [2.05, 4.69) is 21.4 Å². The molecule has 0 radical (unpaired) electrons. The van der Waals surface area contributed by atoms with Gasteiger partial charge in [0, 0.05) is 54.6 Å². The molecule has 5 heterocycles. The molecule has 0 N–H and O–H groups in total. The molecule has 0 spiro atoms. The first-order valence-corrected chi connectivity index (χ1v) is 14.6. The van der Waals surface area contributed by atoms with Gasteiger partial charge in [0.1, 0.15) is 24.1 Å². The number of fused-ring (bicyclic) bond motifs is 3. The van der Waals surface area contributed by atoms with Gasteiger partial charge in [-0.2, -0.15) is 9.97 Å². The second kappa shape index (κ2) is 10.3. The van der Waals surface area contributed by atoms with Gasteiger partial charge in [0.25, 0.3) is 0 Å². The minimum Gasteiger partial charge on any atom is -0.462 e. The lowest BCUT2D eigenvalue weighted by molar-refractivity contribution is -0.127. The lowest BCUT2D eigenvalue weighted by Gasteiger charge is -2.47. The maximum atomic E-state index is 16.5. The van der Waals surface area contributed by atoms with Crippen molar-refractivity contribution in [3.05, 3.63) is 54.1 Å². The Labute approximate surface area is 238 Å². The van der Waals surface area contributed by atoms with Gasteiger partial charge in [-0.25, -0.2) is 8.78 Å². The fourth-order valence-corrected chi connectivity index (χ4v) is 7.14. The van der Waals surface area contributed by atoms with Crippen LogP contribution < -0.4 is 9.64 Å². The highest BCUT2D eigenvalue weighted by Crippen LogP contribution is 2.41. The van der Waals surface area contributed by atoms with Gasteiger partial charge in [-0.15, -0.1) is 0 Å². The van der Waals surface area contributed by atoms with Gasteiger partial charge in [-0.3, -0.25) is 14.7 Å². The summed E-state index contributed by atoms with van der Waals surface area (Å²) in [5, 5.41) is 0.602. The number of hydrogen-bond donors (Lipinski definition) is 0. The Balaban J connectivity index is 1.28. The van der Waals surface area contributed by atoms with Crippen molar-refractivity contribution in [2.75, 3.05) is 38.2 Å². The Kier molecular flexibility index (Phi) is 6.60. The number of anilines is 1. The molecular weight excluding hydrogens is 526 g/mol. The van der Waals surface area contributed by atoms with Crippen molar-refractivity contribution in [3.8, 4) is 17.1 Å². The molecule has 214 valence electrons. The average molecular weight is 561 g/mol. The van der Waals surface area contributed by atoms with Crippen molar-refractivity contribution in [3.63, 3.8) is 0 Å². The first kappa shape index (κ1) is 26.3. The Hall–Kier alpha value is -3.66. The summed E-state index contributed by atoms with van der Waals surface area (Å²) < 4.78 is 36.5. The molecule has 41 heavy (non-hydrogen) atoms. The van der Waals surface area contributed by atoms with Crippen LogP contribution in [-0.4, -0.2) is 88.2 Å². The summed E-state index contributed by atoms with van der Waals surface area (Å²) in [6, 6.07) is 3.81. The maximum absolute atomic E-state index is 16.5. The number of nitrogens with zero attached hydrogens (tertiary/aromatic N) is 6. The van der Waals surface area contributed by atoms with E-state index in [9.17, 15) is 9.18 Å². The summed E-state index contributed by atoms with van der Waals surface area (Å²) in [7, 11) is 1.87. The molecule has 3 aromatic rings. The van der Waals surface area contributed by atoms with Crippen molar-refractivity contribution in [2.24, 2.45) is 0 Å². The Morgan fingerprint density at radius 3 is 2.80 bits per heavy atom. The number of likely N-dealkylation sites (tertiary alicyclic amines) is 2. The number of benzene rings is 1. The van der Waals surface area contributed by atoms with Crippen LogP contribution in [0.3, 0.4) is 0 Å². The highest BCUT2D eigenvalue weighted by molar-refractivity contribution is 5.95. The van der Waals surface area contributed by atoms with Crippen molar-refractivity contribution in [2.45, 2.75) is 62.8 Å². The summed E-state index contributed by atoms with van der Waals surface area (Å²) in [5.41, 5.74) is 3.81. The van der Waals surface area contributed by atoms with E-state index in [1.807, 2.05) is 35.2 Å². The number of aryl methyl sites for hydroxylation is 1. The second-order valence-electron chi connectivity index (χ2n) is 11.7. The predicted octanol–water partition coefficient (Wildman–Crippen LogP) is 4.11. The number of rotatable bonds is 6. The lowest BCUT2D eigenvalue weighted by atomic mass is 9.87. The molecule has 0 saturated carbocycles. The fraction of sp³-hybridized carbons (Fsp3) is 0.484. The van der Waals surface area contributed by atoms with Crippen molar-refractivity contribution in [1.82, 2.24) is 24.8 Å². The highest BCUT2D eigenvalue weighted by Gasteiger charge is 2.49. The Morgan fingerprint density at radius 1 is 1.15 bits per heavy atom. The summed E-state index contributed by atoms with van der Waals surface area (Å²) in [5.74, 6) is 0.0996. The number of alkyl halides is 1. The molecule has 3 saturated heterocycles. The second-order valence-corrected chi connectivity index (χ2v) is 11.7. The number of likely N-dealkylation sites (N-methyl/N-ethyl adjacent to an activating group) is 1. The minimum absolute atomic E-state index is 0.0644. The average Bonchev–Trinajstić information content (AvgIpc) is 3.48. The van der Waals surface area contributed by atoms with Gasteiger partial charge >= 0.3 is 6.01 Å². The number of carbonyl (C=O) groups excluding carboxylic acids is 1. The number of pyridine rings is 1. The molecule has 2 aromatic heterocycles. The van der Waals surface area contributed by atoms with E-state index in [1.165, 1.54) is 11.6 Å². The van der Waals surface area contributed by atoms with Crippen LogP contribution in [0, 0.1) is 5.82 Å². The molecule has 1 aromatic carbocycles. The van der Waals surface area contributed by atoms with Crippen LogP contribution in [0.2, 0.25) is 0 Å². The van der Waals surface area contributed by atoms with Crippen molar-refractivity contribution < 1.29 is 18.3 Å². The molecule has 1 amide bonds. The van der Waals surface area contributed by atoms with E-state index in [0.717, 1.165) is 43.2 Å². The number of halogens is 2. The predicted molar refractivity (Wildman–Crippen MR) is 152 cm³/mol. The van der Waals surface area contributed by atoms with Gasteiger partial charge in [0.05, 0.1) is 12.1 Å². The largest absolute Gasteiger partial charge is 0.462 e. The SMILES string of the molecule is C=CC(=O)N1CC[C@@H]2[C@H]1CN2c1nc(OC[C@@H]2C[C@@H](F)CN2C)nc2c(F)c(-c3cncc4c3CCCC4)ccc12. The zero-order valence-electron chi connectivity index (χ0n) is 23.2. The third-order valence-corrected chi connectivity index (χ3v) is 9.39. The lowest BCUT2D eigenvalue weighted by Crippen LogP contribution is -2.63. The molecule has 0 bridgehead atoms. The minimum atomic E-state index is -0.895. The normalized spacial score (nSPS) is 25.6. The van der Waals surface area contributed by atoms with Crippen LogP contribution in [0.4, 0.5) is 14.6 Å². The molecule has 0 unspecified atom stereocenters. The number of carbonyl (C=O) groups is 1. The van der Waals surface area contributed by atoms with E-state index in [-0.39, 0.29) is 42.2 Å². The Bertz CT molecular complexity index is 1530. The molecule has 3 fully saturated rings. The van der Waals surface area contributed by atoms with Crippen LogP contribution in [0.5, 0.6) is 6.01 Å². The zero-order chi connectivity index (χ0) is 28.2. The van der Waals surface area contributed by atoms with E-state index < -0.39 is 12.0 Å². The van der Waals surface area contributed by atoms with Crippen molar-refractivity contribution in [1.29, 1.82) is 0 Å². The molecular formula is C31H34F2N6O2. The molecule has 10 heteroatoms. The third kappa shape index (κ3) is 4.43. The number of ether oxygens (including phenoxy) is 1.